The van der Waals surface area contributed by atoms with Gasteiger partial charge in [0.2, 0.25) is 5.90 Å². The second-order valence-electron chi connectivity index (χ2n) is 8.17. The minimum absolute atomic E-state index is 0.0216. The first-order valence-corrected chi connectivity index (χ1v) is 11.2. The third-order valence-electron chi connectivity index (χ3n) is 5.94. The van der Waals surface area contributed by atoms with E-state index in [0.717, 1.165) is 25.9 Å². The maximum atomic E-state index is 13.9. The Bertz CT molecular complexity index is 931. The Kier molecular flexibility index (Phi) is 8.21. The van der Waals surface area contributed by atoms with Crippen LogP contribution in [0.2, 0.25) is 10.0 Å². The van der Waals surface area contributed by atoms with Gasteiger partial charge in [-0.2, -0.15) is 0 Å². The van der Waals surface area contributed by atoms with Crippen LogP contribution in [0.3, 0.4) is 0 Å². The lowest BCUT2D eigenvalue weighted by atomic mass is 9.97. The van der Waals surface area contributed by atoms with Gasteiger partial charge in [-0.3, -0.25) is 26.1 Å². The third-order valence-corrected chi connectivity index (χ3v) is 6.70. The summed E-state index contributed by atoms with van der Waals surface area (Å²) < 4.78 is 19.3. The molecule has 0 amide bonds. The summed E-state index contributed by atoms with van der Waals surface area (Å²) in [4.78, 5) is 8.38. The molecule has 2 aliphatic rings. The van der Waals surface area contributed by atoms with Crippen LogP contribution in [0.25, 0.3) is 0 Å². The lowest BCUT2D eigenvalue weighted by Gasteiger charge is -2.34. The van der Waals surface area contributed by atoms with Gasteiger partial charge in [-0.15, -0.1) is 0 Å². The minimum Gasteiger partial charge on any atom is -0.424 e. The number of benzene rings is 1. The van der Waals surface area contributed by atoms with Gasteiger partial charge in [-0.05, 0) is 45.1 Å². The molecule has 1 aromatic rings. The molecule has 1 fully saturated rings. The maximum Gasteiger partial charge on any atom is 0.234 e. The van der Waals surface area contributed by atoms with Gasteiger partial charge < -0.3 is 15.4 Å². The van der Waals surface area contributed by atoms with E-state index >= 15 is 0 Å². The quantitative estimate of drug-likeness (QED) is 0.281. The summed E-state index contributed by atoms with van der Waals surface area (Å²) in [6, 6.07) is 2.17. The zero-order chi connectivity index (χ0) is 23.4. The number of nitrogens with one attached hydrogen (secondary N) is 3. The van der Waals surface area contributed by atoms with E-state index in [1.54, 1.807) is 0 Å². The minimum atomic E-state index is -0.559. The molecule has 0 bridgehead atoms. The van der Waals surface area contributed by atoms with Gasteiger partial charge >= 0.3 is 0 Å². The van der Waals surface area contributed by atoms with E-state index in [1.165, 1.54) is 12.1 Å². The Hall–Kier alpha value is -2.07. The predicted molar refractivity (Wildman–Crippen MR) is 126 cm³/mol. The fraction of sp³-hybridized carbons (Fsp3) is 0.524. The molecule has 5 N–H and O–H groups in total. The van der Waals surface area contributed by atoms with Crippen molar-refractivity contribution >= 4 is 46.5 Å². The molecule has 0 saturated carbocycles. The van der Waals surface area contributed by atoms with Crippen molar-refractivity contribution in [3.8, 4) is 0 Å². The molecule has 0 aliphatic carbocycles. The number of amidine groups is 1. The number of nitrogens with zero attached hydrogens (tertiary/aromatic N) is 3. The zero-order valence-electron chi connectivity index (χ0n) is 17.9. The van der Waals surface area contributed by atoms with Crippen molar-refractivity contribution in [3.05, 3.63) is 33.6 Å². The molecule has 1 saturated heterocycles. The number of aliphatic imine (C=N–C) groups is 1. The number of hydrogen-bond acceptors (Lipinski definition) is 8. The summed E-state index contributed by atoms with van der Waals surface area (Å²) >= 11 is 12.4. The van der Waals surface area contributed by atoms with E-state index in [1.807, 2.05) is 11.9 Å². The molecule has 1 atom stereocenters. The summed E-state index contributed by atoms with van der Waals surface area (Å²) in [5.74, 6) is -0.628. The lowest BCUT2D eigenvalue weighted by Crippen LogP contribution is -2.50. The molecule has 1 aromatic carbocycles. The van der Waals surface area contributed by atoms with Gasteiger partial charge in [-0.25, -0.2) is 4.39 Å². The second kappa shape index (κ2) is 10.7. The summed E-state index contributed by atoms with van der Waals surface area (Å²) in [6.07, 6.45) is 1.65. The number of likely N-dealkylation sites (tertiary alicyclic amines) is 1. The van der Waals surface area contributed by atoms with Crippen molar-refractivity contribution < 1.29 is 9.13 Å². The SMILES string of the molecule is CN1CCC(C(=N)OC(=N)C(=N)CC2C(N)=NCCN2Cc2c(Cl)ccc(F)c2Cl)CC1. The lowest BCUT2D eigenvalue weighted by molar-refractivity contribution is 0.231. The molecular weight excluding hydrogens is 456 g/mol. The van der Waals surface area contributed by atoms with E-state index < -0.39 is 11.9 Å². The monoisotopic (exact) mass is 483 g/mol. The first-order valence-electron chi connectivity index (χ1n) is 10.4. The molecule has 0 aromatic heterocycles. The summed E-state index contributed by atoms with van der Waals surface area (Å²) in [5.41, 5.74) is 6.47. The number of rotatable bonds is 6. The molecule has 32 heavy (non-hydrogen) atoms. The molecule has 3 rings (SSSR count). The number of hydrogen-bond donors (Lipinski definition) is 4. The molecule has 1 unspecified atom stereocenters. The fourth-order valence-electron chi connectivity index (χ4n) is 3.91. The normalized spacial score (nSPS) is 20.6. The standard InChI is InChI=1S/C21H28Cl2FN7O/c1-30-7-4-12(5-8-30)20(27)32-21(28)16(25)10-17-19(26)29-6-9-31(17)11-13-14(22)2-3-15(24)18(13)23/h2-3,12,17,25,27-28H,4-11H2,1H3,(H2,26,29). The molecule has 174 valence electrons. The van der Waals surface area contributed by atoms with Crippen molar-refractivity contribution in [2.24, 2.45) is 16.6 Å². The van der Waals surface area contributed by atoms with E-state index in [0.29, 0.717) is 29.5 Å². The van der Waals surface area contributed by atoms with Crippen molar-refractivity contribution in [2.75, 3.05) is 33.2 Å². The molecule has 11 heteroatoms. The Morgan fingerprint density at radius 2 is 1.91 bits per heavy atom. The van der Waals surface area contributed by atoms with Crippen LogP contribution >= 0.6 is 23.2 Å². The van der Waals surface area contributed by atoms with Gasteiger partial charge in [0.05, 0.1) is 23.3 Å². The molecule has 0 radical (unpaired) electrons. The Balaban J connectivity index is 1.65. The summed E-state index contributed by atoms with van der Waals surface area (Å²) in [6.45, 7) is 2.94. The van der Waals surface area contributed by atoms with Crippen LogP contribution in [0.4, 0.5) is 4.39 Å². The van der Waals surface area contributed by atoms with Crippen LogP contribution in [0.15, 0.2) is 17.1 Å². The van der Waals surface area contributed by atoms with Crippen molar-refractivity contribution in [2.45, 2.75) is 31.8 Å². The van der Waals surface area contributed by atoms with Gasteiger partial charge in [0, 0.05) is 36.0 Å². The van der Waals surface area contributed by atoms with Crippen LogP contribution in [0.5, 0.6) is 0 Å². The molecule has 2 aliphatic heterocycles. The molecule has 8 nitrogen and oxygen atoms in total. The van der Waals surface area contributed by atoms with Crippen LogP contribution in [-0.2, 0) is 11.3 Å². The second-order valence-corrected chi connectivity index (χ2v) is 8.96. The molecular formula is C21H28Cl2FN7O. The first kappa shape index (κ1) is 24.6. The van der Waals surface area contributed by atoms with Crippen LogP contribution in [-0.4, -0.2) is 72.4 Å². The highest BCUT2D eigenvalue weighted by Crippen LogP contribution is 2.30. The van der Waals surface area contributed by atoms with Gasteiger partial charge in [0.1, 0.15) is 11.7 Å². The van der Waals surface area contributed by atoms with Crippen molar-refractivity contribution in [3.63, 3.8) is 0 Å². The zero-order valence-corrected chi connectivity index (χ0v) is 19.4. The average Bonchev–Trinajstić information content (AvgIpc) is 2.76. The van der Waals surface area contributed by atoms with Gasteiger partial charge in [0.15, 0.2) is 5.90 Å². The summed E-state index contributed by atoms with van der Waals surface area (Å²) in [7, 11) is 2.03. The van der Waals surface area contributed by atoms with E-state index in [-0.39, 0.29) is 41.4 Å². The smallest absolute Gasteiger partial charge is 0.234 e. The maximum absolute atomic E-state index is 13.9. The van der Waals surface area contributed by atoms with Crippen LogP contribution < -0.4 is 5.73 Å². The van der Waals surface area contributed by atoms with Crippen molar-refractivity contribution in [1.29, 1.82) is 16.2 Å². The van der Waals surface area contributed by atoms with E-state index in [9.17, 15) is 4.39 Å². The first-order chi connectivity index (χ1) is 15.2. The Labute approximate surface area is 197 Å². The van der Waals surface area contributed by atoms with Gasteiger partial charge in [-0.1, -0.05) is 23.2 Å². The number of piperidine rings is 1. The third kappa shape index (κ3) is 5.83. The van der Waals surface area contributed by atoms with E-state index in [2.05, 4.69) is 9.89 Å². The Morgan fingerprint density at radius 3 is 2.59 bits per heavy atom. The summed E-state index contributed by atoms with van der Waals surface area (Å²) in [5, 5.41) is 25.0. The topological polar surface area (TPSA) is 126 Å². The Morgan fingerprint density at radius 1 is 1.22 bits per heavy atom. The largest absolute Gasteiger partial charge is 0.424 e. The highest BCUT2D eigenvalue weighted by molar-refractivity contribution is 6.38. The van der Waals surface area contributed by atoms with Crippen LogP contribution in [0.1, 0.15) is 24.8 Å². The van der Waals surface area contributed by atoms with Crippen LogP contribution in [0, 0.1) is 28.0 Å². The van der Waals surface area contributed by atoms with E-state index in [4.69, 9.17) is 49.9 Å². The van der Waals surface area contributed by atoms with Gasteiger partial charge in [0.25, 0.3) is 0 Å². The number of nitrogens with two attached hydrogens (primary N) is 1. The number of halogens is 3. The average molecular weight is 484 g/mol. The van der Waals surface area contributed by atoms with Crippen molar-refractivity contribution in [1.82, 2.24) is 9.80 Å². The molecule has 0 spiro atoms. The highest BCUT2D eigenvalue weighted by atomic mass is 35.5. The predicted octanol–water partition coefficient (Wildman–Crippen LogP) is 3.40. The fourth-order valence-corrected chi connectivity index (χ4v) is 4.40. The highest BCUT2D eigenvalue weighted by Gasteiger charge is 2.30. The molecule has 2 heterocycles. The number of ether oxygens (including phenoxy) is 1.